The van der Waals surface area contributed by atoms with Crippen LogP contribution in [0.15, 0.2) is 0 Å². The van der Waals surface area contributed by atoms with E-state index in [1.807, 2.05) is 6.92 Å². The lowest BCUT2D eigenvalue weighted by atomic mass is 9.96. The molecular formula is C8H19NO. The van der Waals surface area contributed by atoms with Crippen LogP contribution in [0.2, 0.25) is 0 Å². The van der Waals surface area contributed by atoms with Crippen LogP contribution in [0.4, 0.5) is 0 Å². The van der Waals surface area contributed by atoms with Gasteiger partial charge in [-0.25, -0.2) is 0 Å². The van der Waals surface area contributed by atoms with Crippen LogP contribution in [0.3, 0.4) is 0 Å². The van der Waals surface area contributed by atoms with Gasteiger partial charge in [0.2, 0.25) is 0 Å². The largest absolute Gasteiger partial charge is 0.390 e. The molecule has 3 N–H and O–H groups in total. The van der Waals surface area contributed by atoms with Gasteiger partial charge in [-0.15, -0.1) is 0 Å². The van der Waals surface area contributed by atoms with Crippen molar-refractivity contribution in [3.8, 4) is 0 Å². The molecule has 1 atom stereocenters. The lowest BCUT2D eigenvalue weighted by Crippen LogP contribution is -2.27. The maximum absolute atomic E-state index is 9.57. The lowest BCUT2D eigenvalue weighted by Gasteiger charge is -2.21. The van der Waals surface area contributed by atoms with Gasteiger partial charge in [0.25, 0.3) is 0 Å². The highest BCUT2D eigenvalue weighted by atomic mass is 16.3. The van der Waals surface area contributed by atoms with E-state index < -0.39 is 5.60 Å². The van der Waals surface area contributed by atoms with Crippen molar-refractivity contribution in [2.45, 2.75) is 45.1 Å². The summed E-state index contributed by atoms with van der Waals surface area (Å²) in [5, 5.41) is 9.57. The highest BCUT2D eigenvalue weighted by Crippen LogP contribution is 2.16. The van der Waals surface area contributed by atoms with Gasteiger partial charge in [-0.05, 0) is 26.3 Å². The molecule has 0 rings (SSSR count). The molecule has 10 heavy (non-hydrogen) atoms. The highest BCUT2D eigenvalue weighted by molar-refractivity contribution is 4.71. The van der Waals surface area contributed by atoms with E-state index in [9.17, 15) is 5.11 Å². The number of hydrogen-bond donors (Lipinski definition) is 2. The van der Waals surface area contributed by atoms with Crippen LogP contribution in [0.1, 0.15) is 39.5 Å². The first-order chi connectivity index (χ1) is 4.62. The van der Waals surface area contributed by atoms with E-state index in [0.29, 0.717) is 13.0 Å². The SMILES string of the molecule is CCCCC(C)(O)CCN. The van der Waals surface area contributed by atoms with Gasteiger partial charge in [0.15, 0.2) is 0 Å². The molecule has 0 aliphatic heterocycles. The zero-order valence-corrected chi connectivity index (χ0v) is 7.06. The van der Waals surface area contributed by atoms with E-state index in [-0.39, 0.29) is 0 Å². The molecule has 0 aromatic carbocycles. The van der Waals surface area contributed by atoms with Crippen molar-refractivity contribution in [2.24, 2.45) is 5.73 Å². The third-order valence-corrected chi connectivity index (χ3v) is 1.75. The third kappa shape index (κ3) is 4.77. The minimum absolute atomic E-state index is 0.523. The molecule has 0 saturated heterocycles. The zero-order chi connectivity index (χ0) is 8.04. The van der Waals surface area contributed by atoms with Crippen LogP contribution in [0.5, 0.6) is 0 Å². The summed E-state index contributed by atoms with van der Waals surface area (Å²) < 4.78 is 0. The van der Waals surface area contributed by atoms with Crippen molar-refractivity contribution in [3.05, 3.63) is 0 Å². The normalized spacial score (nSPS) is 16.8. The van der Waals surface area contributed by atoms with Gasteiger partial charge in [0, 0.05) is 0 Å². The first kappa shape index (κ1) is 9.92. The van der Waals surface area contributed by atoms with Gasteiger partial charge >= 0.3 is 0 Å². The van der Waals surface area contributed by atoms with Gasteiger partial charge in [0.05, 0.1) is 5.60 Å². The molecule has 0 fully saturated rings. The van der Waals surface area contributed by atoms with Gasteiger partial charge in [-0.1, -0.05) is 19.8 Å². The molecule has 0 heterocycles. The van der Waals surface area contributed by atoms with Crippen LogP contribution in [0.25, 0.3) is 0 Å². The molecule has 0 bridgehead atoms. The Hall–Kier alpha value is -0.0800. The van der Waals surface area contributed by atoms with Crippen LogP contribution < -0.4 is 5.73 Å². The summed E-state index contributed by atoms with van der Waals surface area (Å²) in [6.07, 6.45) is 3.82. The summed E-state index contributed by atoms with van der Waals surface area (Å²) in [6, 6.07) is 0. The quantitative estimate of drug-likeness (QED) is 0.612. The van der Waals surface area contributed by atoms with Crippen molar-refractivity contribution >= 4 is 0 Å². The second kappa shape index (κ2) is 4.69. The molecule has 62 valence electrons. The van der Waals surface area contributed by atoms with Gasteiger partial charge < -0.3 is 10.8 Å². The standard InChI is InChI=1S/C8H19NO/c1-3-4-5-8(2,10)6-7-9/h10H,3-7,9H2,1-2H3. The predicted molar refractivity (Wildman–Crippen MR) is 43.8 cm³/mol. The van der Waals surface area contributed by atoms with Crippen molar-refractivity contribution in [2.75, 3.05) is 6.54 Å². The zero-order valence-electron chi connectivity index (χ0n) is 7.06. The number of hydrogen-bond acceptors (Lipinski definition) is 2. The molecule has 0 aliphatic rings. The maximum atomic E-state index is 9.57. The fourth-order valence-electron chi connectivity index (χ4n) is 0.994. The summed E-state index contributed by atoms with van der Waals surface area (Å²) in [5.74, 6) is 0. The molecule has 0 aromatic heterocycles. The number of unbranched alkanes of at least 4 members (excludes halogenated alkanes) is 1. The molecule has 0 spiro atoms. The summed E-state index contributed by atoms with van der Waals surface area (Å²) in [6.45, 7) is 4.56. The molecule has 0 amide bonds. The topological polar surface area (TPSA) is 46.2 Å². The molecule has 0 aliphatic carbocycles. The number of aliphatic hydroxyl groups is 1. The second-order valence-corrected chi connectivity index (χ2v) is 3.14. The van der Waals surface area contributed by atoms with Crippen molar-refractivity contribution in [3.63, 3.8) is 0 Å². The molecule has 2 heteroatoms. The minimum atomic E-state index is -0.523. The first-order valence-corrected chi connectivity index (χ1v) is 4.05. The Kier molecular flexibility index (Phi) is 4.65. The van der Waals surface area contributed by atoms with E-state index in [4.69, 9.17) is 5.73 Å². The van der Waals surface area contributed by atoms with E-state index in [0.717, 1.165) is 19.3 Å². The molecular weight excluding hydrogens is 126 g/mol. The van der Waals surface area contributed by atoms with Crippen LogP contribution >= 0.6 is 0 Å². The van der Waals surface area contributed by atoms with Gasteiger partial charge in [-0.2, -0.15) is 0 Å². The molecule has 0 aromatic rings. The molecule has 0 radical (unpaired) electrons. The van der Waals surface area contributed by atoms with E-state index in [2.05, 4.69) is 6.92 Å². The van der Waals surface area contributed by atoms with E-state index >= 15 is 0 Å². The summed E-state index contributed by atoms with van der Waals surface area (Å²) in [5.41, 5.74) is 4.80. The Labute approximate surface area is 63.4 Å². The van der Waals surface area contributed by atoms with Gasteiger partial charge in [-0.3, -0.25) is 0 Å². The van der Waals surface area contributed by atoms with E-state index in [1.54, 1.807) is 0 Å². The maximum Gasteiger partial charge on any atom is 0.0631 e. The molecule has 2 nitrogen and oxygen atoms in total. The monoisotopic (exact) mass is 145 g/mol. The number of nitrogens with two attached hydrogens (primary N) is 1. The third-order valence-electron chi connectivity index (χ3n) is 1.75. The van der Waals surface area contributed by atoms with Crippen LogP contribution in [0, 0.1) is 0 Å². The average molecular weight is 145 g/mol. The van der Waals surface area contributed by atoms with Gasteiger partial charge in [0.1, 0.15) is 0 Å². The summed E-state index contributed by atoms with van der Waals surface area (Å²) in [7, 11) is 0. The Bertz CT molecular complexity index is 81.3. The molecule has 0 saturated carbocycles. The molecule has 1 unspecified atom stereocenters. The van der Waals surface area contributed by atoms with Crippen molar-refractivity contribution in [1.82, 2.24) is 0 Å². The Morgan fingerprint density at radius 1 is 1.40 bits per heavy atom. The first-order valence-electron chi connectivity index (χ1n) is 4.05. The average Bonchev–Trinajstić information content (AvgIpc) is 1.84. The van der Waals surface area contributed by atoms with Crippen LogP contribution in [-0.4, -0.2) is 17.3 Å². The highest BCUT2D eigenvalue weighted by Gasteiger charge is 2.17. The Morgan fingerprint density at radius 3 is 2.40 bits per heavy atom. The van der Waals surface area contributed by atoms with Crippen LogP contribution in [-0.2, 0) is 0 Å². The minimum Gasteiger partial charge on any atom is -0.390 e. The summed E-state index contributed by atoms with van der Waals surface area (Å²) >= 11 is 0. The summed E-state index contributed by atoms with van der Waals surface area (Å²) in [4.78, 5) is 0. The van der Waals surface area contributed by atoms with E-state index in [1.165, 1.54) is 0 Å². The lowest BCUT2D eigenvalue weighted by molar-refractivity contribution is 0.0423. The fourth-order valence-corrected chi connectivity index (χ4v) is 0.994. The smallest absolute Gasteiger partial charge is 0.0631 e. The Morgan fingerprint density at radius 2 is 2.00 bits per heavy atom. The Balaban J connectivity index is 3.42. The fraction of sp³-hybridized carbons (Fsp3) is 1.00. The predicted octanol–water partition coefficient (Wildman–Crippen LogP) is 1.28. The number of rotatable bonds is 5. The van der Waals surface area contributed by atoms with Crippen molar-refractivity contribution in [1.29, 1.82) is 0 Å². The second-order valence-electron chi connectivity index (χ2n) is 3.14. The van der Waals surface area contributed by atoms with Crippen molar-refractivity contribution < 1.29 is 5.11 Å².